The van der Waals surface area contributed by atoms with Crippen molar-refractivity contribution >= 4 is 16.2 Å². The van der Waals surface area contributed by atoms with Crippen LogP contribution in [0, 0.1) is 11.3 Å². The minimum atomic E-state index is -4.51. The Hall–Kier alpha value is -1.66. The second kappa shape index (κ2) is 5.17. The van der Waals surface area contributed by atoms with Crippen molar-refractivity contribution in [3.8, 4) is 5.75 Å². The summed E-state index contributed by atoms with van der Waals surface area (Å²) in [5.74, 6) is 1.17. The summed E-state index contributed by atoms with van der Waals surface area (Å²) in [6, 6.07) is 5.17. The molecule has 0 aliphatic heterocycles. The first-order valence-electron chi connectivity index (χ1n) is 8.31. The molecule has 2 fully saturated rings. The van der Waals surface area contributed by atoms with Crippen molar-refractivity contribution in [1.82, 2.24) is 0 Å². The van der Waals surface area contributed by atoms with Crippen molar-refractivity contribution in [2.75, 3.05) is 0 Å². The van der Waals surface area contributed by atoms with Gasteiger partial charge in [-0.2, -0.15) is 8.42 Å². The molecule has 0 spiro atoms. The van der Waals surface area contributed by atoms with Crippen LogP contribution in [0.2, 0.25) is 0 Å². The van der Waals surface area contributed by atoms with Gasteiger partial charge in [-0.1, -0.05) is 24.6 Å². The van der Waals surface area contributed by atoms with Gasteiger partial charge in [-0.05, 0) is 54.9 Å². The largest absolute Gasteiger partial charge is 0.446 e. The number of ketones is 1. The molecule has 3 atom stereocenters. The summed E-state index contributed by atoms with van der Waals surface area (Å²) in [5.41, 5.74) is 3.40. The molecule has 24 heavy (non-hydrogen) atoms. The van der Waals surface area contributed by atoms with Crippen LogP contribution in [-0.2, 0) is 21.6 Å². The molecule has 0 unspecified atom stereocenters. The molecular weight excluding hydrogens is 328 g/mol. The highest BCUT2D eigenvalue weighted by atomic mass is 32.3. The minimum absolute atomic E-state index is 0.129. The number of fused-ring (bicyclic) bond motifs is 5. The van der Waals surface area contributed by atoms with Gasteiger partial charge in [-0.15, -0.1) is 0 Å². The predicted molar refractivity (Wildman–Crippen MR) is 88.2 cm³/mol. The van der Waals surface area contributed by atoms with Crippen LogP contribution in [0.5, 0.6) is 5.75 Å². The third-order valence-corrected chi connectivity index (χ3v) is 6.48. The van der Waals surface area contributed by atoms with E-state index in [0.717, 1.165) is 24.8 Å². The summed E-state index contributed by atoms with van der Waals surface area (Å²) >= 11 is 0. The third kappa shape index (κ3) is 2.40. The zero-order valence-electron chi connectivity index (χ0n) is 13.5. The topological polar surface area (TPSA) is 80.7 Å². The zero-order chi connectivity index (χ0) is 17.1. The fourth-order valence-electron chi connectivity index (χ4n) is 4.90. The molecule has 4 rings (SSSR count). The highest BCUT2D eigenvalue weighted by molar-refractivity contribution is 7.81. The van der Waals surface area contributed by atoms with Gasteiger partial charge in [0.2, 0.25) is 0 Å². The van der Waals surface area contributed by atoms with Crippen molar-refractivity contribution in [1.29, 1.82) is 0 Å². The van der Waals surface area contributed by atoms with Gasteiger partial charge in [0.05, 0.1) is 0 Å². The van der Waals surface area contributed by atoms with Crippen LogP contribution in [0.3, 0.4) is 0 Å². The minimum Gasteiger partial charge on any atom is -0.362 e. The smallest absolute Gasteiger partial charge is 0.362 e. The van der Waals surface area contributed by atoms with E-state index in [-0.39, 0.29) is 11.2 Å². The third-order valence-electron chi connectivity index (χ3n) is 6.07. The van der Waals surface area contributed by atoms with E-state index in [4.69, 9.17) is 4.55 Å². The van der Waals surface area contributed by atoms with E-state index in [1.54, 1.807) is 12.1 Å². The van der Waals surface area contributed by atoms with Crippen molar-refractivity contribution in [2.24, 2.45) is 11.3 Å². The maximum Gasteiger partial charge on any atom is 0.446 e. The lowest BCUT2D eigenvalue weighted by Gasteiger charge is -2.43. The second-order valence-electron chi connectivity index (χ2n) is 7.30. The Morgan fingerprint density at radius 3 is 2.83 bits per heavy atom. The van der Waals surface area contributed by atoms with Gasteiger partial charge in [0.25, 0.3) is 0 Å². The van der Waals surface area contributed by atoms with Crippen molar-refractivity contribution in [3.63, 3.8) is 0 Å². The van der Waals surface area contributed by atoms with E-state index in [2.05, 4.69) is 17.2 Å². The fourth-order valence-corrected chi connectivity index (χ4v) is 5.24. The quantitative estimate of drug-likeness (QED) is 0.656. The molecule has 2 saturated carbocycles. The second-order valence-corrected chi connectivity index (χ2v) is 8.33. The first-order valence-corrected chi connectivity index (χ1v) is 9.67. The number of hydrogen-bond acceptors (Lipinski definition) is 4. The van der Waals surface area contributed by atoms with Crippen molar-refractivity contribution < 1.29 is 21.9 Å². The van der Waals surface area contributed by atoms with Gasteiger partial charge in [0, 0.05) is 17.8 Å². The number of benzene rings is 1. The van der Waals surface area contributed by atoms with Crippen molar-refractivity contribution in [3.05, 3.63) is 41.0 Å². The fraction of sp³-hybridized carbons (Fsp3) is 0.500. The van der Waals surface area contributed by atoms with Crippen LogP contribution in [0.15, 0.2) is 29.8 Å². The van der Waals surface area contributed by atoms with E-state index in [1.807, 2.05) is 6.07 Å². The lowest BCUT2D eigenvalue weighted by atomic mass is 9.60. The Bertz CT molecular complexity index is 854. The van der Waals surface area contributed by atoms with Gasteiger partial charge in [-0.25, -0.2) is 0 Å². The summed E-state index contributed by atoms with van der Waals surface area (Å²) in [7, 11) is -4.51. The SMILES string of the molecule is C[C@]12CC[C@@H]3C(=CCc4cc(OS(=O)(=O)O)ccc43)[C@@H]1CCC2=O. The maximum absolute atomic E-state index is 12.3. The molecule has 0 saturated heterocycles. The summed E-state index contributed by atoms with van der Waals surface area (Å²) in [6.07, 6.45) is 6.38. The number of Topliss-reactive ketones (excluding diaryl/α,β-unsaturated/α-hetero) is 1. The van der Waals surface area contributed by atoms with E-state index < -0.39 is 10.4 Å². The van der Waals surface area contributed by atoms with Crippen LogP contribution in [0.4, 0.5) is 0 Å². The molecule has 0 radical (unpaired) electrons. The number of carbonyl (C=O) groups is 1. The van der Waals surface area contributed by atoms with E-state index >= 15 is 0 Å². The molecule has 1 aromatic rings. The Balaban J connectivity index is 1.68. The Morgan fingerprint density at radius 1 is 1.29 bits per heavy atom. The molecule has 1 aromatic carbocycles. The standard InChI is InChI=1S/C18H20O5S/c1-18-9-8-14-13-5-3-12(23-24(20,21)22)10-11(13)2-4-15(14)16(18)6-7-17(18)19/h3-5,10,14,16H,2,6-9H2,1H3,(H,20,21,22)/t14-,16-,18-/m0/s1. The number of allylic oxidation sites excluding steroid dienone is 2. The highest BCUT2D eigenvalue weighted by Crippen LogP contribution is 2.57. The van der Waals surface area contributed by atoms with Gasteiger partial charge in [0.15, 0.2) is 0 Å². The average molecular weight is 348 g/mol. The molecule has 3 aliphatic rings. The first kappa shape index (κ1) is 15.8. The van der Waals surface area contributed by atoms with E-state index in [1.165, 1.54) is 11.1 Å². The van der Waals surface area contributed by atoms with Crippen LogP contribution in [0.25, 0.3) is 0 Å². The maximum atomic E-state index is 12.3. The molecule has 6 heteroatoms. The molecule has 0 aromatic heterocycles. The Morgan fingerprint density at radius 2 is 2.08 bits per heavy atom. The molecular formula is C18H20O5S. The summed E-state index contributed by atoms with van der Waals surface area (Å²) in [5, 5.41) is 0. The predicted octanol–water partition coefficient (Wildman–Crippen LogP) is 3.21. The molecule has 0 bridgehead atoms. The number of carbonyl (C=O) groups excluding carboxylic acids is 1. The van der Waals surface area contributed by atoms with Gasteiger partial charge >= 0.3 is 10.4 Å². The van der Waals surface area contributed by atoms with Crippen LogP contribution in [-0.4, -0.2) is 18.8 Å². The van der Waals surface area contributed by atoms with Crippen molar-refractivity contribution in [2.45, 2.75) is 44.9 Å². The first-order chi connectivity index (χ1) is 11.3. The van der Waals surface area contributed by atoms with E-state index in [9.17, 15) is 13.2 Å². The summed E-state index contributed by atoms with van der Waals surface area (Å²) in [4.78, 5) is 12.3. The Kier molecular flexibility index (Phi) is 3.41. The Labute approximate surface area is 141 Å². The molecule has 3 aliphatic carbocycles. The molecule has 1 N–H and O–H groups in total. The summed E-state index contributed by atoms with van der Waals surface area (Å²) in [6.45, 7) is 2.11. The van der Waals surface area contributed by atoms with Crippen LogP contribution < -0.4 is 4.18 Å². The van der Waals surface area contributed by atoms with Crippen LogP contribution >= 0.6 is 0 Å². The normalized spacial score (nSPS) is 31.8. The molecule has 128 valence electrons. The average Bonchev–Trinajstić information content (AvgIpc) is 2.81. The zero-order valence-corrected chi connectivity index (χ0v) is 14.3. The molecule has 0 heterocycles. The van der Waals surface area contributed by atoms with Gasteiger partial charge in [0.1, 0.15) is 11.5 Å². The monoisotopic (exact) mass is 348 g/mol. The number of hydrogen-bond donors (Lipinski definition) is 1. The molecule has 5 nitrogen and oxygen atoms in total. The molecule has 0 amide bonds. The highest BCUT2D eigenvalue weighted by Gasteiger charge is 2.52. The van der Waals surface area contributed by atoms with E-state index in [0.29, 0.717) is 30.5 Å². The van der Waals surface area contributed by atoms with Gasteiger partial charge < -0.3 is 4.18 Å². The lowest BCUT2D eigenvalue weighted by molar-refractivity contribution is -0.126. The van der Waals surface area contributed by atoms with Gasteiger partial charge in [-0.3, -0.25) is 9.35 Å². The summed E-state index contributed by atoms with van der Waals surface area (Å²) < 4.78 is 35.1. The lowest BCUT2D eigenvalue weighted by Crippen LogP contribution is -2.37. The van der Waals surface area contributed by atoms with Crippen LogP contribution in [0.1, 0.15) is 49.7 Å². The number of rotatable bonds is 2.